The molecule has 1 N–H and O–H groups in total. The number of nitrogens with one attached hydrogen (secondary N) is 1. The molecule has 0 fully saturated rings. The van der Waals surface area contributed by atoms with Crippen LogP contribution in [0.3, 0.4) is 0 Å². The number of benzene rings is 2. The van der Waals surface area contributed by atoms with Crippen molar-refractivity contribution in [3.8, 4) is 11.5 Å². The first-order valence-corrected chi connectivity index (χ1v) is 10.6. The summed E-state index contributed by atoms with van der Waals surface area (Å²) in [6.45, 7) is 1.84. The van der Waals surface area contributed by atoms with Gasteiger partial charge in [0.25, 0.3) is 0 Å². The maximum Gasteiger partial charge on any atom is 0.243 e. The van der Waals surface area contributed by atoms with Crippen LogP contribution in [-0.2, 0) is 17.1 Å². The van der Waals surface area contributed by atoms with E-state index in [4.69, 9.17) is 21.1 Å². The summed E-state index contributed by atoms with van der Waals surface area (Å²) in [5.74, 6) is 1.57. The van der Waals surface area contributed by atoms with Crippen molar-refractivity contribution in [3.63, 3.8) is 0 Å². The molecule has 0 radical (unpaired) electrons. The average molecular weight is 436 g/mol. The van der Waals surface area contributed by atoms with Crippen LogP contribution in [0, 0.1) is 6.92 Å². The van der Waals surface area contributed by atoms with E-state index in [9.17, 15) is 8.42 Å². The summed E-state index contributed by atoms with van der Waals surface area (Å²) in [6, 6.07) is 9.20. The molecule has 7 nitrogen and oxygen atoms in total. The Morgan fingerprint density at radius 1 is 1.10 bits per heavy atom. The molecule has 1 aromatic heterocycles. The summed E-state index contributed by atoms with van der Waals surface area (Å²) in [7, 11) is 0.902. The minimum absolute atomic E-state index is 0.00108. The third kappa shape index (κ3) is 4.55. The zero-order valence-electron chi connectivity index (χ0n) is 16.5. The molecule has 0 amide bonds. The highest BCUT2D eigenvalue weighted by atomic mass is 35.5. The van der Waals surface area contributed by atoms with Crippen molar-refractivity contribution in [3.05, 3.63) is 70.8 Å². The highest BCUT2D eigenvalue weighted by Gasteiger charge is 2.28. The Morgan fingerprint density at radius 2 is 1.76 bits per heavy atom. The van der Waals surface area contributed by atoms with Crippen molar-refractivity contribution in [1.82, 2.24) is 14.3 Å². The van der Waals surface area contributed by atoms with Gasteiger partial charge in [0.1, 0.15) is 28.3 Å². The number of imidazole rings is 1. The van der Waals surface area contributed by atoms with Crippen molar-refractivity contribution in [1.29, 1.82) is 0 Å². The molecule has 1 atom stereocenters. The molecule has 3 rings (SSSR count). The van der Waals surface area contributed by atoms with Gasteiger partial charge in [0.05, 0.1) is 19.2 Å². The number of aromatic nitrogens is 2. The van der Waals surface area contributed by atoms with Crippen molar-refractivity contribution < 1.29 is 17.9 Å². The van der Waals surface area contributed by atoms with Crippen LogP contribution in [0.1, 0.15) is 23.0 Å². The Morgan fingerprint density at radius 3 is 2.28 bits per heavy atom. The maximum atomic E-state index is 13.2. The van der Waals surface area contributed by atoms with Gasteiger partial charge in [0.15, 0.2) is 0 Å². The van der Waals surface area contributed by atoms with Gasteiger partial charge >= 0.3 is 0 Å². The van der Waals surface area contributed by atoms with Crippen molar-refractivity contribution >= 4 is 21.6 Å². The van der Waals surface area contributed by atoms with E-state index in [1.165, 1.54) is 20.3 Å². The Balaban J connectivity index is 2.12. The smallest absolute Gasteiger partial charge is 0.243 e. The van der Waals surface area contributed by atoms with Crippen molar-refractivity contribution in [2.45, 2.75) is 17.9 Å². The molecular weight excluding hydrogens is 414 g/mol. The number of hydrogen-bond donors (Lipinski definition) is 1. The van der Waals surface area contributed by atoms with Gasteiger partial charge < -0.3 is 14.0 Å². The molecule has 0 bridgehead atoms. The van der Waals surface area contributed by atoms with E-state index in [-0.39, 0.29) is 9.92 Å². The molecule has 0 saturated carbocycles. The second-order valence-corrected chi connectivity index (χ2v) is 8.62. The summed E-state index contributed by atoms with van der Waals surface area (Å²) >= 11 is 6.22. The second kappa shape index (κ2) is 8.44. The molecule has 29 heavy (non-hydrogen) atoms. The van der Waals surface area contributed by atoms with E-state index >= 15 is 0 Å². The number of nitrogens with zero attached hydrogens (tertiary/aromatic N) is 2. The van der Waals surface area contributed by atoms with Crippen LogP contribution in [0.5, 0.6) is 11.5 Å². The van der Waals surface area contributed by atoms with Gasteiger partial charge in [0, 0.05) is 25.5 Å². The number of methoxy groups -OCH3 is 2. The van der Waals surface area contributed by atoms with Crippen LogP contribution >= 0.6 is 11.6 Å². The minimum atomic E-state index is -3.95. The molecule has 0 aliphatic heterocycles. The topological polar surface area (TPSA) is 82.4 Å². The number of rotatable bonds is 7. The lowest BCUT2D eigenvalue weighted by atomic mass is 10.1. The minimum Gasteiger partial charge on any atom is -0.497 e. The normalized spacial score (nSPS) is 12.6. The first-order chi connectivity index (χ1) is 13.7. The molecule has 154 valence electrons. The van der Waals surface area contributed by atoms with Crippen LogP contribution in [0.25, 0.3) is 0 Å². The van der Waals surface area contributed by atoms with Gasteiger partial charge in [-0.15, -0.1) is 0 Å². The number of hydrogen-bond acceptors (Lipinski definition) is 5. The van der Waals surface area contributed by atoms with Gasteiger partial charge in [0.2, 0.25) is 10.0 Å². The zero-order valence-corrected chi connectivity index (χ0v) is 18.1. The molecule has 3 aromatic rings. The lowest BCUT2D eigenvalue weighted by molar-refractivity contribution is 0.392. The third-order valence-corrected chi connectivity index (χ3v) is 6.38. The van der Waals surface area contributed by atoms with Crippen LogP contribution in [0.4, 0.5) is 0 Å². The first kappa shape index (κ1) is 21.2. The fraction of sp³-hybridized carbons (Fsp3) is 0.250. The van der Waals surface area contributed by atoms with Crippen LogP contribution in [0.2, 0.25) is 5.02 Å². The van der Waals surface area contributed by atoms with Gasteiger partial charge in [-0.05, 0) is 42.3 Å². The molecule has 2 aromatic carbocycles. The Kier molecular flexibility index (Phi) is 6.16. The SMILES string of the molecule is COc1cc(OC)cc(C(NS(=O)(=O)c2ccc(C)cc2Cl)c2nccn2C)c1. The Hall–Kier alpha value is -2.55. The third-order valence-electron chi connectivity index (χ3n) is 4.47. The standard InChI is InChI=1S/C20H22ClN3O4S/c1-13-5-6-18(17(21)9-13)29(25,26)23-19(20-22-7-8-24(20)2)14-10-15(27-3)12-16(11-14)28-4/h5-12,19,23H,1-4H3. The largest absolute Gasteiger partial charge is 0.497 e. The molecule has 0 saturated heterocycles. The van der Waals surface area contributed by atoms with E-state index in [1.54, 1.807) is 54.3 Å². The second-order valence-electron chi connectivity index (χ2n) is 6.53. The fourth-order valence-corrected chi connectivity index (χ4v) is 4.75. The van der Waals surface area contributed by atoms with Gasteiger partial charge in [-0.3, -0.25) is 0 Å². The molecule has 1 heterocycles. The summed E-state index contributed by atoms with van der Waals surface area (Å²) in [4.78, 5) is 4.34. The predicted molar refractivity (Wildman–Crippen MR) is 111 cm³/mol. The number of aryl methyl sites for hydroxylation is 2. The van der Waals surface area contributed by atoms with E-state index in [0.29, 0.717) is 22.9 Å². The monoisotopic (exact) mass is 435 g/mol. The highest BCUT2D eigenvalue weighted by Crippen LogP contribution is 2.31. The lowest BCUT2D eigenvalue weighted by Crippen LogP contribution is -2.31. The van der Waals surface area contributed by atoms with Gasteiger partial charge in [-0.2, -0.15) is 4.72 Å². The number of ether oxygens (including phenoxy) is 2. The van der Waals surface area contributed by atoms with Crippen LogP contribution < -0.4 is 14.2 Å². The van der Waals surface area contributed by atoms with E-state index in [2.05, 4.69) is 9.71 Å². The molecular formula is C20H22ClN3O4S. The molecule has 9 heteroatoms. The molecule has 0 aliphatic rings. The molecule has 1 unspecified atom stereocenters. The Bertz CT molecular complexity index is 1110. The summed E-state index contributed by atoms with van der Waals surface area (Å²) in [6.07, 6.45) is 3.35. The van der Waals surface area contributed by atoms with Gasteiger partial charge in [-0.25, -0.2) is 13.4 Å². The Labute approximate surface area is 175 Å². The van der Waals surface area contributed by atoms with Gasteiger partial charge in [-0.1, -0.05) is 17.7 Å². The quantitative estimate of drug-likeness (QED) is 0.614. The average Bonchev–Trinajstić information content (AvgIpc) is 3.11. The summed E-state index contributed by atoms with van der Waals surface area (Å²) in [5, 5.41) is 0.152. The van der Waals surface area contributed by atoms with Crippen LogP contribution in [0.15, 0.2) is 53.7 Å². The van der Waals surface area contributed by atoms with E-state index in [0.717, 1.165) is 5.56 Å². The first-order valence-electron chi connectivity index (χ1n) is 8.74. The van der Waals surface area contributed by atoms with E-state index in [1.807, 2.05) is 6.92 Å². The van der Waals surface area contributed by atoms with Crippen LogP contribution in [-0.4, -0.2) is 32.2 Å². The predicted octanol–water partition coefficient (Wildman–Crippen LogP) is 3.47. The lowest BCUT2D eigenvalue weighted by Gasteiger charge is -2.21. The maximum absolute atomic E-state index is 13.2. The number of sulfonamides is 1. The summed E-state index contributed by atoms with van der Waals surface area (Å²) in [5.41, 5.74) is 1.48. The molecule has 0 aliphatic carbocycles. The van der Waals surface area contributed by atoms with E-state index < -0.39 is 16.1 Å². The fourth-order valence-electron chi connectivity index (χ4n) is 2.96. The highest BCUT2D eigenvalue weighted by molar-refractivity contribution is 7.89. The van der Waals surface area contributed by atoms with Crippen molar-refractivity contribution in [2.75, 3.05) is 14.2 Å². The van der Waals surface area contributed by atoms with Crippen molar-refractivity contribution in [2.24, 2.45) is 7.05 Å². The molecule has 0 spiro atoms. The zero-order chi connectivity index (χ0) is 21.2. The summed E-state index contributed by atoms with van der Waals surface area (Å²) < 4.78 is 41.5. The number of halogens is 1.